The lowest BCUT2D eigenvalue weighted by molar-refractivity contribution is -0.142. The molecule has 0 aromatic heterocycles. The third kappa shape index (κ3) is 9.49. The number of benzene rings is 1. The Morgan fingerprint density at radius 1 is 0.868 bits per heavy atom. The van der Waals surface area contributed by atoms with Crippen molar-refractivity contribution in [1.29, 1.82) is 0 Å². The van der Waals surface area contributed by atoms with Gasteiger partial charge in [-0.15, -0.1) is 0 Å². The van der Waals surface area contributed by atoms with E-state index in [1.165, 1.54) is 16.7 Å². The molecule has 1 aliphatic rings. The molecule has 1 unspecified atom stereocenters. The van der Waals surface area contributed by atoms with Crippen LogP contribution in [0.5, 0.6) is 11.5 Å². The van der Waals surface area contributed by atoms with Crippen molar-refractivity contribution >= 4 is 11.9 Å². The van der Waals surface area contributed by atoms with E-state index in [0.717, 1.165) is 79.4 Å². The highest BCUT2D eigenvalue weighted by Gasteiger charge is 2.34. The van der Waals surface area contributed by atoms with Gasteiger partial charge in [0.05, 0.1) is 12.8 Å². The summed E-state index contributed by atoms with van der Waals surface area (Å²) in [7, 11) is 0. The molecular weight excluding hydrogens is 476 g/mol. The van der Waals surface area contributed by atoms with E-state index in [-0.39, 0.29) is 18.4 Å². The quantitative estimate of drug-likeness (QED) is 0.159. The van der Waals surface area contributed by atoms with Crippen LogP contribution < -0.4 is 9.47 Å². The standard InChI is InChI=1S/C33H48O5/c1-22(2)12-9-13-23(3)14-10-15-24(4)16-11-20-33(8)21-19-28-27(7)31(25(5)26(6)32(28)38-33)37-30(36)18-17-29(34)35/h12,14,16H,9-11,13,15,17-21H2,1-8H3,(H,34,35)/b23-14+,24-16+. The Morgan fingerprint density at radius 3 is 2.08 bits per heavy atom. The van der Waals surface area contributed by atoms with Crippen LogP contribution in [0, 0.1) is 20.8 Å². The second-order valence-electron chi connectivity index (χ2n) is 11.4. The first-order chi connectivity index (χ1) is 17.8. The van der Waals surface area contributed by atoms with E-state index < -0.39 is 11.9 Å². The first-order valence-electron chi connectivity index (χ1n) is 14.0. The summed E-state index contributed by atoms with van der Waals surface area (Å²) in [6, 6.07) is 0. The summed E-state index contributed by atoms with van der Waals surface area (Å²) in [6.07, 6.45) is 14.8. The van der Waals surface area contributed by atoms with Gasteiger partial charge in [-0.05, 0) is 123 Å². The minimum absolute atomic E-state index is 0.141. The molecule has 5 heteroatoms. The zero-order valence-corrected chi connectivity index (χ0v) is 24.9. The van der Waals surface area contributed by atoms with E-state index in [1.807, 2.05) is 20.8 Å². The Balaban J connectivity index is 1.98. The van der Waals surface area contributed by atoms with Crippen molar-refractivity contribution < 1.29 is 24.2 Å². The van der Waals surface area contributed by atoms with Crippen LogP contribution in [-0.2, 0) is 16.0 Å². The minimum Gasteiger partial charge on any atom is -0.487 e. The van der Waals surface area contributed by atoms with Gasteiger partial charge in [0.1, 0.15) is 17.1 Å². The number of hydrogen-bond acceptors (Lipinski definition) is 4. The smallest absolute Gasteiger partial charge is 0.311 e. The lowest BCUT2D eigenvalue weighted by Crippen LogP contribution is -2.37. The maximum absolute atomic E-state index is 12.2. The number of carboxylic acids is 1. The summed E-state index contributed by atoms with van der Waals surface area (Å²) in [6.45, 7) is 16.9. The van der Waals surface area contributed by atoms with E-state index in [0.29, 0.717) is 5.75 Å². The second-order valence-corrected chi connectivity index (χ2v) is 11.4. The highest BCUT2D eigenvalue weighted by Crippen LogP contribution is 2.45. The van der Waals surface area contributed by atoms with Crippen molar-refractivity contribution in [3.8, 4) is 11.5 Å². The van der Waals surface area contributed by atoms with Crippen molar-refractivity contribution in [1.82, 2.24) is 0 Å². The molecule has 1 atom stereocenters. The molecule has 2 rings (SSSR count). The van der Waals surface area contributed by atoms with Crippen molar-refractivity contribution in [2.45, 2.75) is 125 Å². The number of rotatable bonds is 13. The molecule has 1 aliphatic heterocycles. The highest BCUT2D eigenvalue weighted by atomic mass is 16.5. The number of fused-ring (bicyclic) bond motifs is 1. The van der Waals surface area contributed by atoms with E-state index in [9.17, 15) is 9.59 Å². The molecule has 210 valence electrons. The molecule has 0 bridgehead atoms. The van der Waals surface area contributed by atoms with Gasteiger partial charge in [-0.3, -0.25) is 9.59 Å². The molecule has 1 heterocycles. The molecule has 0 radical (unpaired) electrons. The van der Waals surface area contributed by atoms with Crippen LogP contribution in [0.1, 0.15) is 115 Å². The van der Waals surface area contributed by atoms with Crippen molar-refractivity contribution in [2.24, 2.45) is 0 Å². The third-order valence-corrected chi connectivity index (χ3v) is 7.61. The van der Waals surface area contributed by atoms with Crippen LogP contribution in [0.15, 0.2) is 34.9 Å². The Kier molecular flexibility index (Phi) is 11.9. The molecule has 0 spiro atoms. The van der Waals surface area contributed by atoms with Gasteiger partial charge in [0.2, 0.25) is 0 Å². The Bertz CT molecular complexity index is 1100. The normalized spacial score (nSPS) is 17.5. The zero-order valence-electron chi connectivity index (χ0n) is 24.9. The molecule has 0 aliphatic carbocycles. The number of carbonyl (C=O) groups excluding carboxylic acids is 1. The van der Waals surface area contributed by atoms with Gasteiger partial charge in [0.25, 0.3) is 0 Å². The predicted molar refractivity (Wildman–Crippen MR) is 155 cm³/mol. The van der Waals surface area contributed by atoms with Crippen LogP contribution in [0.3, 0.4) is 0 Å². The van der Waals surface area contributed by atoms with Gasteiger partial charge in [-0.1, -0.05) is 34.9 Å². The minimum atomic E-state index is -1.01. The average Bonchev–Trinajstić information content (AvgIpc) is 2.83. The second kappa shape index (κ2) is 14.4. The number of esters is 1. The molecule has 0 saturated heterocycles. The van der Waals surface area contributed by atoms with Gasteiger partial charge < -0.3 is 14.6 Å². The number of hydrogen-bond donors (Lipinski definition) is 1. The molecule has 0 fully saturated rings. The molecule has 5 nitrogen and oxygen atoms in total. The molecule has 0 saturated carbocycles. The maximum Gasteiger partial charge on any atom is 0.311 e. The fraction of sp³-hybridized carbons (Fsp3) is 0.576. The summed E-state index contributed by atoms with van der Waals surface area (Å²) < 4.78 is 12.3. The molecule has 1 aromatic rings. The van der Waals surface area contributed by atoms with Crippen LogP contribution in [0.4, 0.5) is 0 Å². The summed E-state index contributed by atoms with van der Waals surface area (Å²) in [5, 5.41) is 8.85. The summed E-state index contributed by atoms with van der Waals surface area (Å²) in [4.78, 5) is 23.0. The number of ether oxygens (including phenoxy) is 2. The topological polar surface area (TPSA) is 72.8 Å². The van der Waals surface area contributed by atoms with Gasteiger partial charge in [0.15, 0.2) is 0 Å². The van der Waals surface area contributed by atoms with Gasteiger partial charge in [-0.25, -0.2) is 0 Å². The Morgan fingerprint density at radius 2 is 1.47 bits per heavy atom. The van der Waals surface area contributed by atoms with Crippen LogP contribution in [0.25, 0.3) is 0 Å². The summed E-state index contributed by atoms with van der Waals surface area (Å²) in [5.41, 5.74) is 7.89. The first kappa shape index (κ1) is 31.4. The first-order valence-corrected chi connectivity index (χ1v) is 14.0. The van der Waals surface area contributed by atoms with Crippen molar-refractivity contribution in [3.63, 3.8) is 0 Å². The SMILES string of the molecule is CC(C)=CCC/C(C)=C/CC/C(C)=C/CCC1(C)CCc2c(C)c(OC(=O)CCC(=O)O)c(C)c(C)c2O1. The number of allylic oxidation sites excluding steroid dienone is 6. The molecule has 0 amide bonds. The highest BCUT2D eigenvalue weighted by molar-refractivity contribution is 5.79. The lowest BCUT2D eigenvalue weighted by atomic mass is 9.85. The van der Waals surface area contributed by atoms with E-state index >= 15 is 0 Å². The lowest BCUT2D eigenvalue weighted by Gasteiger charge is -2.38. The fourth-order valence-corrected chi connectivity index (χ4v) is 4.95. The molecule has 1 N–H and O–H groups in total. The largest absolute Gasteiger partial charge is 0.487 e. The van der Waals surface area contributed by atoms with E-state index in [4.69, 9.17) is 14.6 Å². The van der Waals surface area contributed by atoms with Gasteiger partial charge in [0, 0.05) is 5.56 Å². The Labute approximate surface area is 230 Å². The molecule has 38 heavy (non-hydrogen) atoms. The monoisotopic (exact) mass is 524 g/mol. The van der Waals surface area contributed by atoms with Crippen LogP contribution >= 0.6 is 0 Å². The predicted octanol–water partition coefficient (Wildman–Crippen LogP) is 8.67. The van der Waals surface area contributed by atoms with Crippen molar-refractivity contribution in [2.75, 3.05) is 0 Å². The van der Waals surface area contributed by atoms with Crippen LogP contribution in [-0.4, -0.2) is 22.6 Å². The van der Waals surface area contributed by atoms with Crippen molar-refractivity contribution in [3.05, 3.63) is 57.2 Å². The van der Waals surface area contributed by atoms with Crippen LogP contribution in [0.2, 0.25) is 0 Å². The summed E-state index contributed by atoms with van der Waals surface area (Å²) in [5.74, 6) is -0.0689. The maximum atomic E-state index is 12.2. The summed E-state index contributed by atoms with van der Waals surface area (Å²) >= 11 is 0. The Hall–Kier alpha value is -2.82. The van der Waals surface area contributed by atoms with Gasteiger partial charge in [-0.2, -0.15) is 0 Å². The number of carbonyl (C=O) groups is 2. The average molecular weight is 525 g/mol. The number of aliphatic carboxylic acids is 1. The third-order valence-electron chi connectivity index (χ3n) is 7.61. The molecular formula is C33H48O5. The fourth-order valence-electron chi connectivity index (χ4n) is 4.95. The molecule has 1 aromatic carbocycles. The number of carboxylic acid groups (broad SMARTS) is 1. The van der Waals surface area contributed by atoms with Gasteiger partial charge >= 0.3 is 11.9 Å². The van der Waals surface area contributed by atoms with E-state index in [2.05, 4.69) is 52.8 Å². The zero-order chi connectivity index (χ0) is 28.5. The van der Waals surface area contributed by atoms with E-state index in [1.54, 1.807) is 0 Å².